The third-order valence-electron chi connectivity index (χ3n) is 3.74. The zero-order valence-electron chi connectivity index (χ0n) is 9.80. The molecule has 1 aliphatic rings. The summed E-state index contributed by atoms with van der Waals surface area (Å²) in [5.41, 5.74) is 2.78. The van der Waals surface area contributed by atoms with Crippen molar-refractivity contribution in [3.05, 3.63) is 32.7 Å². The normalized spacial score (nSPS) is 17.9. The lowest BCUT2D eigenvalue weighted by atomic mass is 9.81. The highest BCUT2D eigenvalue weighted by Gasteiger charge is 2.23. The third kappa shape index (κ3) is 2.30. The first-order valence-corrected chi connectivity index (χ1v) is 7.90. The standard InChI is InChI=1S/C13H14Br2N2O/c14-9(4-7-2-1-3-7)8-5-11-12(6-10(8)15)17-13(18)16-11/h5-7,9H,1-4H2,(H2,16,17,18). The van der Waals surface area contributed by atoms with E-state index in [1.165, 1.54) is 31.2 Å². The van der Waals surface area contributed by atoms with Gasteiger partial charge in [-0.15, -0.1) is 0 Å². The smallest absolute Gasteiger partial charge is 0.306 e. The van der Waals surface area contributed by atoms with Crippen LogP contribution >= 0.6 is 31.9 Å². The van der Waals surface area contributed by atoms with Gasteiger partial charge in [0, 0.05) is 9.30 Å². The molecule has 1 aromatic carbocycles. The number of halogens is 2. The first-order valence-electron chi connectivity index (χ1n) is 6.19. The summed E-state index contributed by atoms with van der Waals surface area (Å²) in [5.74, 6) is 0.849. The average molecular weight is 374 g/mol. The lowest BCUT2D eigenvalue weighted by molar-refractivity contribution is 0.295. The quantitative estimate of drug-likeness (QED) is 0.776. The van der Waals surface area contributed by atoms with E-state index >= 15 is 0 Å². The molecule has 0 saturated heterocycles. The van der Waals surface area contributed by atoms with Gasteiger partial charge in [-0.1, -0.05) is 51.1 Å². The summed E-state index contributed by atoms with van der Waals surface area (Å²) < 4.78 is 1.05. The molecule has 0 aliphatic heterocycles. The number of alkyl halides is 1. The molecular weight excluding hydrogens is 360 g/mol. The Morgan fingerprint density at radius 2 is 1.94 bits per heavy atom. The van der Waals surface area contributed by atoms with Crippen LogP contribution in [0.15, 0.2) is 21.4 Å². The van der Waals surface area contributed by atoms with Crippen molar-refractivity contribution in [1.29, 1.82) is 0 Å². The van der Waals surface area contributed by atoms with Crippen molar-refractivity contribution in [2.45, 2.75) is 30.5 Å². The molecule has 0 amide bonds. The molecule has 2 N–H and O–H groups in total. The van der Waals surface area contributed by atoms with Gasteiger partial charge in [0.2, 0.25) is 0 Å². The van der Waals surface area contributed by atoms with Crippen LogP contribution in [-0.4, -0.2) is 9.97 Å². The number of nitrogens with one attached hydrogen (secondary N) is 2. The third-order valence-corrected chi connectivity index (χ3v) is 5.29. The summed E-state index contributed by atoms with van der Waals surface area (Å²) in [6.07, 6.45) is 5.24. The fourth-order valence-electron chi connectivity index (χ4n) is 2.46. The minimum Gasteiger partial charge on any atom is -0.306 e. The summed E-state index contributed by atoms with van der Waals surface area (Å²) in [6.45, 7) is 0. The molecule has 3 rings (SSSR count). The largest absolute Gasteiger partial charge is 0.323 e. The predicted octanol–water partition coefficient (Wildman–Crippen LogP) is 4.24. The molecule has 1 heterocycles. The highest BCUT2D eigenvalue weighted by atomic mass is 79.9. The minimum absolute atomic E-state index is 0.154. The molecule has 18 heavy (non-hydrogen) atoms. The van der Waals surface area contributed by atoms with Crippen molar-refractivity contribution in [1.82, 2.24) is 9.97 Å². The van der Waals surface area contributed by atoms with Crippen molar-refractivity contribution in [3.63, 3.8) is 0 Å². The summed E-state index contributed by atoms with van der Waals surface area (Å²) in [7, 11) is 0. The number of fused-ring (bicyclic) bond motifs is 1. The highest BCUT2D eigenvalue weighted by Crippen LogP contribution is 2.41. The summed E-state index contributed by atoms with van der Waals surface area (Å²) in [5, 5.41) is 0. The van der Waals surface area contributed by atoms with Gasteiger partial charge in [0.25, 0.3) is 0 Å². The number of H-pyrrole nitrogens is 2. The zero-order valence-corrected chi connectivity index (χ0v) is 13.0. The van der Waals surface area contributed by atoms with E-state index in [9.17, 15) is 4.79 Å². The second-order valence-electron chi connectivity index (χ2n) is 5.00. The summed E-state index contributed by atoms with van der Waals surface area (Å²) >= 11 is 7.36. The number of hydrogen-bond acceptors (Lipinski definition) is 1. The fraction of sp³-hybridized carbons (Fsp3) is 0.462. The van der Waals surface area contributed by atoms with Crippen LogP contribution in [-0.2, 0) is 0 Å². The average Bonchev–Trinajstić information content (AvgIpc) is 2.61. The van der Waals surface area contributed by atoms with Crippen LogP contribution in [0.25, 0.3) is 11.0 Å². The van der Waals surface area contributed by atoms with Crippen molar-refractivity contribution >= 4 is 42.9 Å². The summed E-state index contributed by atoms with van der Waals surface area (Å²) in [6, 6.07) is 4.02. The molecule has 1 fully saturated rings. The Morgan fingerprint density at radius 3 is 2.56 bits per heavy atom. The van der Waals surface area contributed by atoms with Crippen molar-refractivity contribution in [2.24, 2.45) is 5.92 Å². The fourth-order valence-corrected chi connectivity index (χ4v) is 4.30. The molecule has 1 unspecified atom stereocenters. The molecule has 5 heteroatoms. The molecular formula is C13H14Br2N2O. The lowest BCUT2D eigenvalue weighted by Crippen LogP contribution is -2.12. The van der Waals surface area contributed by atoms with E-state index in [4.69, 9.17) is 0 Å². The summed E-state index contributed by atoms with van der Waals surface area (Å²) in [4.78, 5) is 17.2. The molecule has 1 saturated carbocycles. The number of aromatic amines is 2. The van der Waals surface area contributed by atoms with Gasteiger partial charge in [-0.3, -0.25) is 0 Å². The van der Waals surface area contributed by atoms with Gasteiger partial charge in [0.05, 0.1) is 11.0 Å². The maximum absolute atomic E-state index is 11.3. The molecule has 2 aromatic rings. The van der Waals surface area contributed by atoms with Gasteiger partial charge in [-0.05, 0) is 30.0 Å². The van der Waals surface area contributed by atoms with Crippen LogP contribution in [0.4, 0.5) is 0 Å². The maximum Gasteiger partial charge on any atom is 0.323 e. The van der Waals surface area contributed by atoms with E-state index in [1.807, 2.05) is 6.07 Å². The van der Waals surface area contributed by atoms with Crippen LogP contribution in [0.5, 0.6) is 0 Å². The Bertz CT molecular complexity index is 627. The molecule has 0 bridgehead atoms. The van der Waals surface area contributed by atoms with E-state index in [2.05, 4.69) is 47.9 Å². The van der Waals surface area contributed by atoms with E-state index in [0.717, 1.165) is 21.4 Å². The van der Waals surface area contributed by atoms with Crippen LogP contribution in [0, 0.1) is 5.92 Å². The van der Waals surface area contributed by atoms with Gasteiger partial charge >= 0.3 is 5.69 Å². The van der Waals surface area contributed by atoms with E-state index in [1.54, 1.807) is 0 Å². The van der Waals surface area contributed by atoms with Crippen LogP contribution in [0.3, 0.4) is 0 Å². The number of hydrogen-bond donors (Lipinski definition) is 2. The van der Waals surface area contributed by atoms with Crippen LogP contribution < -0.4 is 5.69 Å². The lowest BCUT2D eigenvalue weighted by Gasteiger charge is -2.27. The van der Waals surface area contributed by atoms with Crippen molar-refractivity contribution < 1.29 is 0 Å². The van der Waals surface area contributed by atoms with Gasteiger partial charge in [0.1, 0.15) is 0 Å². The van der Waals surface area contributed by atoms with E-state index in [0.29, 0.717) is 4.83 Å². The molecule has 1 aliphatic carbocycles. The van der Waals surface area contributed by atoms with Gasteiger partial charge < -0.3 is 9.97 Å². The Morgan fingerprint density at radius 1 is 1.28 bits per heavy atom. The molecule has 1 aromatic heterocycles. The minimum atomic E-state index is -0.154. The Labute approximate surface area is 122 Å². The van der Waals surface area contributed by atoms with Crippen LogP contribution in [0.1, 0.15) is 36.1 Å². The Balaban J connectivity index is 1.93. The van der Waals surface area contributed by atoms with Crippen molar-refractivity contribution in [3.8, 4) is 0 Å². The van der Waals surface area contributed by atoms with Gasteiger partial charge in [-0.2, -0.15) is 0 Å². The Kier molecular flexibility index (Phi) is 3.36. The SMILES string of the molecule is O=c1[nH]c2cc(Br)c(C(Br)CC3CCC3)cc2[nH]1. The van der Waals surface area contributed by atoms with Crippen LogP contribution in [0.2, 0.25) is 0 Å². The van der Waals surface area contributed by atoms with E-state index in [-0.39, 0.29) is 5.69 Å². The molecule has 0 spiro atoms. The van der Waals surface area contributed by atoms with Crippen molar-refractivity contribution in [2.75, 3.05) is 0 Å². The molecule has 1 atom stereocenters. The number of imidazole rings is 1. The predicted molar refractivity (Wildman–Crippen MR) is 80.2 cm³/mol. The highest BCUT2D eigenvalue weighted by molar-refractivity contribution is 9.11. The molecule has 0 radical (unpaired) electrons. The number of rotatable bonds is 3. The second-order valence-corrected chi connectivity index (χ2v) is 6.96. The molecule has 3 nitrogen and oxygen atoms in total. The second kappa shape index (κ2) is 4.85. The van der Waals surface area contributed by atoms with Gasteiger partial charge in [-0.25, -0.2) is 4.79 Å². The van der Waals surface area contributed by atoms with E-state index < -0.39 is 0 Å². The topological polar surface area (TPSA) is 48.6 Å². The number of aromatic nitrogens is 2. The Hall–Kier alpha value is -0.550. The number of benzene rings is 1. The maximum atomic E-state index is 11.3. The molecule has 96 valence electrons. The zero-order chi connectivity index (χ0) is 12.7. The van der Waals surface area contributed by atoms with Gasteiger partial charge in [0.15, 0.2) is 0 Å². The monoisotopic (exact) mass is 372 g/mol. The first kappa shape index (κ1) is 12.5. The first-order chi connectivity index (χ1) is 8.63.